The normalized spacial score (nSPS) is 11.4. The molecule has 0 atom stereocenters. The summed E-state index contributed by atoms with van der Waals surface area (Å²) in [5.74, 6) is -0.240. The fourth-order valence-corrected chi connectivity index (χ4v) is 2.42. The maximum Gasteiger partial charge on any atom is 0.237 e. The van der Waals surface area contributed by atoms with Gasteiger partial charge in [-0.3, -0.25) is 9.78 Å². The number of amides is 1. The van der Waals surface area contributed by atoms with Crippen LogP contribution in [0.3, 0.4) is 0 Å². The molecule has 0 aliphatic heterocycles. The molecule has 0 spiro atoms. The van der Waals surface area contributed by atoms with Gasteiger partial charge in [-0.2, -0.15) is 4.31 Å². The molecule has 0 aliphatic rings. The fourth-order valence-electron chi connectivity index (χ4n) is 1.70. The van der Waals surface area contributed by atoms with Gasteiger partial charge in [-0.15, -0.1) is 6.58 Å². The van der Waals surface area contributed by atoms with Gasteiger partial charge < -0.3 is 4.90 Å². The van der Waals surface area contributed by atoms with Crippen molar-refractivity contribution in [2.75, 3.05) is 32.9 Å². The van der Waals surface area contributed by atoms with Crippen molar-refractivity contribution >= 4 is 15.9 Å². The first-order valence-corrected chi connectivity index (χ1v) is 8.38. The van der Waals surface area contributed by atoms with Gasteiger partial charge in [0.05, 0.1) is 12.8 Å². The van der Waals surface area contributed by atoms with Gasteiger partial charge in [-0.05, 0) is 24.1 Å². The van der Waals surface area contributed by atoms with E-state index in [1.165, 1.54) is 11.0 Å². The molecule has 0 aromatic carbocycles. The lowest BCUT2D eigenvalue weighted by molar-refractivity contribution is -0.130. The topological polar surface area (TPSA) is 70.6 Å². The minimum atomic E-state index is -3.42. The second kappa shape index (κ2) is 7.90. The SMILES string of the molecule is C=CCN(CC(=O)N(C)CCc1ccncc1)S(C)(=O)=O. The third-order valence-corrected chi connectivity index (χ3v) is 4.24. The van der Waals surface area contributed by atoms with Crippen LogP contribution in [0.1, 0.15) is 5.56 Å². The van der Waals surface area contributed by atoms with Gasteiger partial charge in [-0.25, -0.2) is 8.42 Å². The van der Waals surface area contributed by atoms with Crippen LogP contribution in [0.5, 0.6) is 0 Å². The summed E-state index contributed by atoms with van der Waals surface area (Å²) in [4.78, 5) is 17.5. The summed E-state index contributed by atoms with van der Waals surface area (Å²) >= 11 is 0. The van der Waals surface area contributed by atoms with E-state index in [-0.39, 0.29) is 19.0 Å². The molecule has 1 rings (SSSR count). The van der Waals surface area contributed by atoms with Crippen molar-refractivity contribution in [2.45, 2.75) is 6.42 Å². The molecular formula is C14H21N3O3S. The van der Waals surface area contributed by atoms with Gasteiger partial charge in [-0.1, -0.05) is 6.08 Å². The van der Waals surface area contributed by atoms with E-state index in [0.717, 1.165) is 16.1 Å². The van der Waals surface area contributed by atoms with Crippen molar-refractivity contribution in [3.05, 3.63) is 42.7 Å². The third-order valence-electron chi connectivity index (χ3n) is 3.02. The minimum Gasteiger partial charge on any atom is -0.344 e. The number of pyridine rings is 1. The Kier molecular flexibility index (Phi) is 6.51. The Morgan fingerprint density at radius 1 is 1.38 bits per heavy atom. The second-order valence-corrected chi connectivity index (χ2v) is 6.75. The Morgan fingerprint density at radius 3 is 2.52 bits per heavy atom. The maximum atomic E-state index is 12.1. The van der Waals surface area contributed by atoms with Gasteiger partial charge in [0.1, 0.15) is 0 Å². The summed E-state index contributed by atoms with van der Waals surface area (Å²) in [6, 6.07) is 3.78. The molecule has 0 saturated heterocycles. The Labute approximate surface area is 126 Å². The van der Waals surface area contributed by atoms with Gasteiger partial charge in [0.15, 0.2) is 0 Å². The number of aromatic nitrogens is 1. The molecule has 0 fully saturated rings. The Morgan fingerprint density at radius 2 is 2.00 bits per heavy atom. The van der Waals surface area contributed by atoms with Crippen molar-refractivity contribution in [1.82, 2.24) is 14.2 Å². The number of carbonyl (C=O) groups is 1. The average molecular weight is 311 g/mol. The summed E-state index contributed by atoms with van der Waals surface area (Å²) in [6.07, 6.45) is 6.65. The van der Waals surface area contributed by atoms with Gasteiger partial charge in [0, 0.05) is 32.5 Å². The van der Waals surface area contributed by atoms with E-state index in [1.54, 1.807) is 19.4 Å². The molecule has 7 heteroatoms. The highest BCUT2D eigenvalue weighted by Crippen LogP contribution is 2.02. The number of nitrogens with zero attached hydrogens (tertiary/aromatic N) is 3. The smallest absolute Gasteiger partial charge is 0.237 e. The molecule has 21 heavy (non-hydrogen) atoms. The molecule has 0 N–H and O–H groups in total. The van der Waals surface area contributed by atoms with Crippen molar-refractivity contribution in [3.8, 4) is 0 Å². The summed E-state index contributed by atoms with van der Waals surface area (Å²) in [6.45, 7) is 3.99. The van der Waals surface area contributed by atoms with Crippen molar-refractivity contribution < 1.29 is 13.2 Å². The monoisotopic (exact) mass is 311 g/mol. The zero-order valence-electron chi connectivity index (χ0n) is 12.4. The predicted octanol–water partition coefficient (Wildman–Crippen LogP) is 0.530. The van der Waals surface area contributed by atoms with Crippen LogP contribution in [-0.4, -0.2) is 61.5 Å². The van der Waals surface area contributed by atoms with Crippen LogP contribution in [0, 0.1) is 0 Å². The molecule has 1 heterocycles. The third kappa shape index (κ3) is 6.05. The zero-order valence-corrected chi connectivity index (χ0v) is 13.2. The standard InChI is InChI=1S/C14H21N3O3S/c1-4-10-17(21(3,19)20)12-14(18)16(2)11-7-13-5-8-15-9-6-13/h4-6,8-9H,1,7,10-12H2,2-3H3. The van der Waals surface area contributed by atoms with E-state index >= 15 is 0 Å². The van der Waals surface area contributed by atoms with Crippen LogP contribution >= 0.6 is 0 Å². The molecule has 0 unspecified atom stereocenters. The predicted molar refractivity (Wildman–Crippen MR) is 82.2 cm³/mol. The molecule has 6 nitrogen and oxygen atoms in total. The molecule has 116 valence electrons. The van der Waals surface area contributed by atoms with Crippen molar-refractivity contribution in [2.24, 2.45) is 0 Å². The number of rotatable bonds is 8. The lowest BCUT2D eigenvalue weighted by Gasteiger charge is -2.22. The molecule has 0 aliphatic carbocycles. The Bertz CT molecular complexity index is 572. The van der Waals surface area contributed by atoms with Crippen LogP contribution in [0.25, 0.3) is 0 Å². The summed E-state index contributed by atoms with van der Waals surface area (Å²) in [7, 11) is -1.75. The summed E-state index contributed by atoms with van der Waals surface area (Å²) < 4.78 is 24.2. The first-order valence-electron chi connectivity index (χ1n) is 6.53. The van der Waals surface area contributed by atoms with Crippen LogP contribution in [0.2, 0.25) is 0 Å². The number of hydrogen-bond acceptors (Lipinski definition) is 4. The molecule has 1 amide bonds. The van der Waals surface area contributed by atoms with E-state index in [9.17, 15) is 13.2 Å². The molecule has 1 aromatic rings. The highest BCUT2D eigenvalue weighted by Gasteiger charge is 2.20. The van der Waals surface area contributed by atoms with E-state index in [4.69, 9.17) is 0 Å². The number of carbonyl (C=O) groups excluding carboxylic acids is 1. The first-order chi connectivity index (χ1) is 9.84. The minimum absolute atomic E-state index is 0.128. The van der Waals surface area contributed by atoms with Crippen molar-refractivity contribution in [3.63, 3.8) is 0 Å². The van der Waals surface area contributed by atoms with Crippen LogP contribution in [0.15, 0.2) is 37.2 Å². The lowest BCUT2D eigenvalue weighted by atomic mass is 10.2. The van der Waals surface area contributed by atoms with Gasteiger partial charge in [0.25, 0.3) is 0 Å². The summed E-state index contributed by atoms with van der Waals surface area (Å²) in [5, 5.41) is 0. The summed E-state index contributed by atoms with van der Waals surface area (Å²) in [5.41, 5.74) is 1.08. The van der Waals surface area contributed by atoms with Crippen LogP contribution in [0.4, 0.5) is 0 Å². The number of likely N-dealkylation sites (N-methyl/N-ethyl adjacent to an activating group) is 1. The van der Waals surface area contributed by atoms with Gasteiger partial charge in [0.2, 0.25) is 15.9 Å². The zero-order chi connectivity index (χ0) is 15.9. The van der Waals surface area contributed by atoms with E-state index in [2.05, 4.69) is 11.6 Å². The quantitative estimate of drug-likeness (QED) is 0.657. The fraction of sp³-hybridized carbons (Fsp3) is 0.429. The number of hydrogen-bond donors (Lipinski definition) is 0. The average Bonchev–Trinajstić information content (AvgIpc) is 2.44. The van der Waals surface area contributed by atoms with Crippen LogP contribution in [-0.2, 0) is 21.2 Å². The lowest BCUT2D eigenvalue weighted by Crippen LogP contribution is -2.41. The second-order valence-electron chi connectivity index (χ2n) is 4.76. The highest BCUT2D eigenvalue weighted by atomic mass is 32.2. The highest BCUT2D eigenvalue weighted by molar-refractivity contribution is 7.88. The first kappa shape index (κ1) is 17.3. The maximum absolute atomic E-state index is 12.1. The van der Waals surface area contributed by atoms with E-state index in [1.807, 2.05) is 12.1 Å². The van der Waals surface area contributed by atoms with E-state index in [0.29, 0.717) is 13.0 Å². The van der Waals surface area contributed by atoms with Crippen LogP contribution < -0.4 is 0 Å². The van der Waals surface area contributed by atoms with Gasteiger partial charge >= 0.3 is 0 Å². The molecular weight excluding hydrogens is 290 g/mol. The molecule has 1 aromatic heterocycles. The van der Waals surface area contributed by atoms with Crippen molar-refractivity contribution in [1.29, 1.82) is 0 Å². The Hall–Kier alpha value is -1.73. The molecule has 0 radical (unpaired) electrons. The number of sulfonamides is 1. The molecule has 0 saturated carbocycles. The Balaban J connectivity index is 2.55. The molecule has 0 bridgehead atoms. The largest absolute Gasteiger partial charge is 0.344 e. The van der Waals surface area contributed by atoms with E-state index < -0.39 is 10.0 Å².